The molecule has 1 saturated carbocycles. The highest BCUT2D eigenvalue weighted by molar-refractivity contribution is 6.21. The zero-order valence-electron chi connectivity index (χ0n) is 13.5. The van der Waals surface area contributed by atoms with Gasteiger partial charge in [-0.2, -0.15) is 0 Å². The maximum Gasteiger partial charge on any atom is 0.242 e. The SMILES string of the molecule is CC(=O)C1(C)C(=O)Nc2cc3nc(C4CCCCC4)[nH]c3cc21. The number of imidazole rings is 1. The predicted molar refractivity (Wildman–Crippen MR) is 88.6 cm³/mol. The standard InChI is InChI=1S/C18H21N3O2/c1-10(22)18(2)12-8-14-15(9-13(12)21-17(18)23)20-16(19-14)11-6-4-3-5-7-11/h8-9,11H,3-7H2,1-2H3,(H,19,20)(H,21,23). The number of benzene rings is 1. The van der Waals surface area contributed by atoms with Crippen molar-refractivity contribution < 1.29 is 9.59 Å². The van der Waals surface area contributed by atoms with Crippen molar-refractivity contribution in [3.05, 3.63) is 23.5 Å². The molecule has 2 N–H and O–H groups in total. The highest BCUT2D eigenvalue weighted by atomic mass is 16.2. The van der Waals surface area contributed by atoms with Crippen LogP contribution in [0.5, 0.6) is 0 Å². The number of fused-ring (bicyclic) bond motifs is 2. The molecule has 1 amide bonds. The van der Waals surface area contributed by atoms with Crippen LogP contribution in [-0.2, 0) is 15.0 Å². The summed E-state index contributed by atoms with van der Waals surface area (Å²) in [7, 11) is 0. The molecule has 2 heterocycles. The summed E-state index contributed by atoms with van der Waals surface area (Å²) in [5, 5.41) is 2.84. The first-order chi connectivity index (χ1) is 11.0. The average molecular weight is 311 g/mol. The first kappa shape index (κ1) is 14.4. The number of rotatable bonds is 2. The number of carbonyl (C=O) groups is 2. The molecule has 1 aliphatic heterocycles. The van der Waals surface area contributed by atoms with E-state index in [9.17, 15) is 9.59 Å². The molecule has 4 rings (SSSR count). The Labute approximate surface area is 134 Å². The summed E-state index contributed by atoms with van der Waals surface area (Å²) in [4.78, 5) is 32.5. The average Bonchev–Trinajstić information content (AvgIpc) is 3.06. The number of nitrogens with one attached hydrogen (secondary N) is 2. The van der Waals surface area contributed by atoms with E-state index in [1.807, 2.05) is 12.1 Å². The Hall–Kier alpha value is -2.17. The van der Waals surface area contributed by atoms with E-state index in [0.717, 1.165) is 22.4 Å². The van der Waals surface area contributed by atoms with Gasteiger partial charge in [0.05, 0.1) is 11.0 Å². The Bertz CT molecular complexity index is 817. The minimum Gasteiger partial charge on any atom is -0.342 e. The number of nitrogens with zero attached hydrogens (tertiary/aromatic N) is 1. The van der Waals surface area contributed by atoms with Crippen LogP contribution >= 0.6 is 0 Å². The fourth-order valence-electron chi connectivity index (χ4n) is 3.88. The zero-order valence-corrected chi connectivity index (χ0v) is 13.5. The largest absolute Gasteiger partial charge is 0.342 e. The summed E-state index contributed by atoms with van der Waals surface area (Å²) < 4.78 is 0. The van der Waals surface area contributed by atoms with Crippen LogP contribution in [0.25, 0.3) is 11.0 Å². The minimum atomic E-state index is -1.10. The molecule has 0 radical (unpaired) electrons. The molecule has 1 atom stereocenters. The number of aromatic amines is 1. The van der Waals surface area contributed by atoms with Crippen molar-refractivity contribution in [3.63, 3.8) is 0 Å². The Morgan fingerprint density at radius 1 is 1.26 bits per heavy atom. The van der Waals surface area contributed by atoms with Crippen LogP contribution in [-0.4, -0.2) is 21.7 Å². The van der Waals surface area contributed by atoms with E-state index in [0.29, 0.717) is 11.6 Å². The lowest BCUT2D eigenvalue weighted by atomic mass is 9.80. The molecule has 0 spiro atoms. The maximum atomic E-state index is 12.2. The third-order valence-electron chi connectivity index (χ3n) is 5.58. The van der Waals surface area contributed by atoms with Crippen molar-refractivity contribution in [2.45, 2.75) is 57.3 Å². The van der Waals surface area contributed by atoms with E-state index in [4.69, 9.17) is 4.98 Å². The summed E-state index contributed by atoms with van der Waals surface area (Å²) >= 11 is 0. The summed E-state index contributed by atoms with van der Waals surface area (Å²) in [5.41, 5.74) is 2.13. The van der Waals surface area contributed by atoms with Gasteiger partial charge in [0.1, 0.15) is 17.0 Å². The fraction of sp³-hybridized carbons (Fsp3) is 0.500. The normalized spacial score (nSPS) is 24.7. The number of anilines is 1. The predicted octanol–water partition coefficient (Wildman–Crippen LogP) is 3.41. The second kappa shape index (κ2) is 4.91. The van der Waals surface area contributed by atoms with Crippen LogP contribution in [0.2, 0.25) is 0 Å². The summed E-state index contributed by atoms with van der Waals surface area (Å²) in [6.45, 7) is 3.17. The van der Waals surface area contributed by atoms with Crippen LogP contribution in [0.4, 0.5) is 5.69 Å². The molecule has 1 fully saturated rings. The lowest BCUT2D eigenvalue weighted by Gasteiger charge is -2.19. The van der Waals surface area contributed by atoms with Crippen LogP contribution < -0.4 is 5.32 Å². The summed E-state index contributed by atoms with van der Waals surface area (Å²) in [5.74, 6) is 1.15. The van der Waals surface area contributed by atoms with Crippen molar-refractivity contribution >= 4 is 28.4 Å². The second-order valence-corrected chi connectivity index (χ2v) is 7.01. The Morgan fingerprint density at radius 3 is 2.70 bits per heavy atom. The van der Waals surface area contributed by atoms with E-state index in [2.05, 4.69) is 10.3 Å². The number of Topliss-reactive ketones (excluding diaryl/α,β-unsaturated/α-hetero) is 1. The van der Waals surface area contributed by atoms with Gasteiger partial charge in [-0.15, -0.1) is 0 Å². The van der Waals surface area contributed by atoms with Gasteiger partial charge in [-0.05, 0) is 38.8 Å². The van der Waals surface area contributed by atoms with Crippen molar-refractivity contribution in [1.29, 1.82) is 0 Å². The Morgan fingerprint density at radius 2 is 2.00 bits per heavy atom. The van der Waals surface area contributed by atoms with E-state index < -0.39 is 5.41 Å². The first-order valence-corrected chi connectivity index (χ1v) is 8.37. The molecule has 1 aliphatic carbocycles. The summed E-state index contributed by atoms with van der Waals surface area (Å²) in [6.07, 6.45) is 6.20. The molecule has 0 saturated heterocycles. The van der Waals surface area contributed by atoms with Crippen molar-refractivity contribution in [2.75, 3.05) is 5.32 Å². The molecule has 5 heteroatoms. The number of H-pyrrole nitrogens is 1. The van der Waals surface area contributed by atoms with Gasteiger partial charge in [-0.3, -0.25) is 9.59 Å². The minimum absolute atomic E-state index is 0.139. The van der Waals surface area contributed by atoms with E-state index in [1.54, 1.807) is 6.92 Å². The second-order valence-electron chi connectivity index (χ2n) is 7.01. The maximum absolute atomic E-state index is 12.2. The van der Waals surface area contributed by atoms with Crippen LogP contribution in [0.15, 0.2) is 12.1 Å². The third-order valence-corrected chi connectivity index (χ3v) is 5.58. The van der Waals surface area contributed by atoms with Crippen molar-refractivity contribution in [3.8, 4) is 0 Å². The van der Waals surface area contributed by atoms with Gasteiger partial charge in [0.2, 0.25) is 5.91 Å². The quantitative estimate of drug-likeness (QED) is 0.835. The molecule has 2 aromatic rings. The number of hydrogen-bond acceptors (Lipinski definition) is 3. The van der Waals surface area contributed by atoms with Crippen LogP contribution in [0.1, 0.15) is 63.3 Å². The number of ketones is 1. The molecule has 0 bridgehead atoms. The Kier molecular flexibility index (Phi) is 3.08. The van der Waals surface area contributed by atoms with Crippen molar-refractivity contribution in [2.24, 2.45) is 0 Å². The van der Waals surface area contributed by atoms with Gasteiger partial charge >= 0.3 is 0 Å². The highest BCUT2D eigenvalue weighted by Gasteiger charge is 2.47. The van der Waals surface area contributed by atoms with Crippen LogP contribution in [0.3, 0.4) is 0 Å². The van der Waals surface area contributed by atoms with Gasteiger partial charge in [-0.25, -0.2) is 4.98 Å². The van der Waals surface area contributed by atoms with Crippen molar-refractivity contribution in [1.82, 2.24) is 9.97 Å². The van der Waals surface area contributed by atoms with E-state index >= 15 is 0 Å². The lowest BCUT2D eigenvalue weighted by molar-refractivity contribution is -0.130. The molecule has 1 aromatic heterocycles. The molecular weight excluding hydrogens is 290 g/mol. The number of hydrogen-bond donors (Lipinski definition) is 2. The highest BCUT2D eigenvalue weighted by Crippen LogP contribution is 2.41. The van der Waals surface area contributed by atoms with E-state index in [1.165, 1.54) is 39.0 Å². The molecule has 5 nitrogen and oxygen atoms in total. The monoisotopic (exact) mass is 311 g/mol. The first-order valence-electron chi connectivity index (χ1n) is 8.37. The molecule has 1 aromatic carbocycles. The molecule has 1 unspecified atom stereocenters. The van der Waals surface area contributed by atoms with E-state index in [-0.39, 0.29) is 11.7 Å². The number of aromatic nitrogens is 2. The number of carbonyl (C=O) groups excluding carboxylic acids is 2. The molecule has 23 heavy (non-hydrogen) atoms. The zero-order chi connectivity index (χ0) is 16.2. The Balaban J connectivity index is 1.81. The van der Waals surface area contributed by atoms with Gasteiger partial charge in [0.15, 0.2) is 0 Å². The third kappa shape index (κ3) is 2.02. The van der Waals surface area contributed by atoms with Crippen LogP contribution in [0, 0.1) is 0 Å². The lowest BCUT2D eigenvalue weighted by Crippen LogP contribution is -2.37. The molecular formula is C18H21N3O2. The van der Waals surface area contributed by atoms with Gasteiger partial charge in [-0.1, -0.05) is 19.3 Å². The van der Waals surface area contributed by atoms with Gasteiger partial charge in [0.25, 0.3) is 0 Å². The number of amides is 1. The molecule has 2 aliphatic rings. The smallest absolute Gasteiger partial charge is 0.242 e. The molecule has 120 valence electrons. The topological polar surface area (TPSA) is 74.8 Å². The summed E-state index contributed by atoms with van der Waals surface area (Å²) in [6, 6.07) is 3.81. The van der Waals surface area contributed by atoms with Gasteiger partial charge < -0.3 is 10.3 Å². The van der Waals surface area contributed by atoms with Gasteiger partial charge in [0, 0.05) is 17.2 Å². The fourth-order valence-corrected chi connectivity index (χ4v) is 3.88.